The van der Waals surface area contributed by atoms with E-state index in [9.17, 15) is 0 Å². The van der Waals surface area contributed by atoms with Gasteiger partial charge in [-0.3, -0.25) is 0 Å². The molecule has 0 spiro atoms. The summed E-state index contributed by atoms with van der Waals surface area (Å²) in [5.74, 6) is 0. The SMILES string of the molecule is Clc1cccc(-c2cccnc2Cl)c1. The third-order valence-corrected chi connectivity index (χ3v) is 2.43. The highest BCUT2D eigenvalue weighted by molar-refractivity contribution is 6.32. The van der Waals surface area contributed by atoms with Crippen molar-refractivity contribution in [1.82, 2.24) is 4.98 Å². The average Bonchev–Trinajstić information content (AvgIpc) is 2.18. The van der Waals surface area contributed by atoms with Crippen LogP contribution in [-0.2, 0) is 0 Å². The Morgan fingerprint density at radius 2 is 1.86 bits per heavy atom. The summed E-state index contributed by atoms with van der Waals surface area (Å²) in [5.41, 5.74) is 1.88. The first-order chi connectivity index (χ1) is 6.77. The quantitative estimate of drug-likeness (QED) is 0.665. The Kier molecular flexibility index (Phi) is 2.71. The Balaban J connectivity index is 2.55. The summed E-state index contributed by atoms with van der Waals surface area (Å²) in [4.78, 5) is 4.01. The van der Waals surface area contributed by atoms with E-state index in [1.165, 1.54) is 0 Å². The molecular formula is C11H7Cl2N. The summed E-state index contributed by atoms with van der Waals surface area (Å²) in [6, 6.07) is 11.3. The molecule has 0 aliphatic heterocycles. The summed E-state index contributed by atoms with van der Waals surface area (Å²) in [6.45, 7) is 0. The number of hydrogen-bond acceptors (Lipinski definition) is 1. The topological polar surface area (TPSA) is 12.9 Å². The Morgan fingerprint density at radius 3 is 2.57 bits per heavy atom. The van der Waals surface area contributed by atoms with Gasteiger partial charge in [-0.05, 0) is 29.8 Å². The van der Waals surface area contributed by atoms with Crippen LogP contribution in [0.4, 0.5) is 0 Å². The molecule has 0 aliphatic carbocycles. The van der Waals surface area contributed by atoms with Crippen LogP contribution in [0.5, 0.6) is 0 Å². The number of aromatic nitrogens is 1. The maximum atomic E-state index is 5.96. The molecule has 0 fully saturated rings. The minimum atomic E-state index is 0.495. The zero-order valence-electron chi connectivity index (χ0n) is 7.24. The van der Waals surface area contributed by atoms with Crippen molar-refractivity contribution < 1.29 is 0 Å². The highest BCUT2D eigenvalue weighted by atomic mass is 35.5. The molecule has 0 N–H and O–H groups in total. The largest absolute Gasteiger partial charge is 0.244 e. The van der Waals surface area contributed by atoms with Crippen LogP contribution < -0.4 is 0 Å². The van der Waals surface area contributed by atoms with E-state index in [2.05, 4.69) is 4.98 Å². The minimum absolute atomic E-state index is 0.495. The van der Waals surface area contributed by atoms with Crippen molar-refractivity contribution in [2.45, 2.75) is 0 Å². The Bertz CT molecular complexity index is 455. The Labute approximate surface area is 92.3 Å². The molecule has 1 aromatic carbocycles. The molecule has 0 unspecified atom stereocenters. The van der Waals surface area contributed by atoms with E-state index in [0.717, 1.165) is 11.1 Å². The lowest BCUT2D eigenvalue weighted by molar-refractivity contribution is 1.33. The molecule has 0 saturated carbocycles. The molecule has 0 atom stereocenters. The van der Waals surface area contributed by atoms with Gasteiger partial charge in [0.25, 0.3) is 0 Å². The Hall–Kier alpha value is -1.05. The normalized spacial score (nSPS) is 10.1. The summed E-state index contributed by atoms with van der Waals surface area (Å²) < 4.78 is 0. The third kappa shape index (κ3) is 1.89. The van der Waals surface area contributed by atoms with Crippen molar-refractivity contribution in [2.24, 2.45) is 0 Å². The molecule has 3 heteroatoms. The molecule has 1 heterocycles. The lowest BCUT2D eigenvalue weighted by Gasteiger charge is -2.02. The first-order valence-corrected chi connectivity index (χ1v) is 4.89. The summed E-state index contributed by atoms with van der Waals surface area (Å²) in [5, 5.41) is 1.19. The monoisotopic (exact) mass is 223 g/mol. The molecule has 1 nitrogen and oxygen atoms in total. The zero-order chi connectivity index (χ0) is 9.97. The highest BCUT2D eigenvalue weighted by Crippen LogP contribution is 2.27. The van der Waals surface area contributed by atoms with Crippen LogP contribution in [0.15, 0.2) is 42.6 Å². The molecule has 2 rings (SSSR count). The second-order valence-electron chi connectivity index (χ2n) is 2.85. The summed E-state index contributed by atoms with van der Waals surface area (Å²) in [6.07, 6.45) is 1.66. The maximum absolute atomic E-state index is 5.96. The van der Waals surface area contributed by atoms with E-state index in [-0.39, 0.29) is 0 Å². The van der Waals surface area contributed by atoms with Gasteiger partial charge >= 0.3 is 0 Å². The number of rotatable bonds is 1. The highest BCUT2D eigenvalue weighted by Gasteiger charge is 2.03. The smallest absolute Gasteiger partial charge is 0.136 e. The molecule has 0 bridgehead atoms. The second kappa shape index (κ2) is 3.99. The molecule has 0 amide bonds. The number of hydrogen-bond donors (Lipinski definition) is 0. The van der Waals surface area contributed by atoms with Crippen molar-refractivity contribution in [3.05, 3.63) is 52.8 Å². The Morgan fingerprint density at radius 1 is 1.00 bits per heavy atom. The number of benzene rings is 1. The van der Waals surface area contributed by atoms with Gasteiger partial charge in [-0.1, -0.05) is 35.3 Å². The van der Waals surface area contributed by atoms with Crippen LogP contribution in [0.1, 0.15) is 0 Å². The zero-order valence-corrected chi connectivity index (χ0v) is 8.76. The molecule has 0 aliphatic rings. The first kappa shape index (κ1) is 9.50. The molecule has 70 valence electrons. The van der Waals surface area contributed by atoms with Crippen LogP contribution in [0.3, 0.4) is 0 Å². The van der Waals surface area contributed by atoms with Crippen molar-refractivity contribution >= 4 is 23.2 Å². The molecule has 0 saturated heterocycles. The summed E-state index contributed by atoms with van der Waals surface area (Å²) in [7, 11) is 0. The number of nitrogens with zero attached hydrogens (tertiary/aromatic N) is 1. The molecule has 0 radical (unpaired) electrons. The predicted molar refractivity (Wildman–Crippen MR) is 59.7 cm³/mol. The van der Waals surface area contributed by atoms with E-state index in [4.69, 9.17) is 23.2 Å². The van der Waals surface area contributed by atoms with Gasteiger partial charge < -0.3 is 0 Å². The van der Waals surface area contributed by atoms with Crippen molar-refractivity contribution in [2.75, 3.05) is 0 Å². The van der Waals surface area contributed by atoms with Gasteiger partial charge in [-0.15, -0.1) is 0 Å². The first-order valence-electron chi connectivity index (χ1n) is 4.14. The molecule has 14 heavy (non-hydrogen) atoms. The number of pyridine rings is 1. The van der Waals surface area contributed by atoms with E-state index in [0.29, 0.717) is 10.2 Å². The number of halogens is 2. The van der Waals surface area contributed by atoms with Crippen LogP contribution in [0.25, 0.3) is 11.1 Å². The van der Waals surface area contributed by atoms with Gasteiger partial charge in [0.1, 0.15) is 5.15 Å². The van der Waals surface area contributed by atoms with Gasteiger partial charge in [-0.2, -0.15) is 0 Å². The summed E-state index contributed by atoms with van der Waals surface area (Å²) >= 11 is 11.8. The van der Waals surface area contributed by atoms with Gasteiger partial charge in [-0.25, -0.2) is 4.98 Å². The van der Waals surface area contributed by atoms with Crippen LogP contribution >= 0.6 is 23.2 Å². The second-order valence-corrected chi connectivity index (χ2v) is 3.65. The van der Waals surface area contributed by atoms with Gasteiger partial charge in [0.15, 0.2) is 0 Å². The average molecular weight is 224 g/mol. The van der Waals surface area contributed by atoms with Gasteiger partial charge in [0.2, 0.25) is 0 Å². The maximum Gasteiger partial charge on any atom is 0.136 e. The molecule has 1 aromatic heterocycles. The standard InChI is InChI=1S/C11H7Cl2N/c12-9-4-1-3-8(7-9)10-5-2-6-14-11(10)13/h1-7H. The third-order valence-electron chi connectivity index (χ3n) is 1.89. The van der Waals surface area contributed by atoms with E-state index in [1.807, 2.05) is 36.4 Å². The van der Waals surface area contributed by atoms with E-state index >= 15 is 0 Å². The van der Waals surface area contributed by atoms with Crippen molar-refractivity contribution in [3.63, 3.8) is 0 Å². The van der Waals surface area contributed by atoms with Crippen LogP contribution in [0, 0.1) is 0 Å². The van der Waals surface area contributed by atoms with Crippen LogP contribution in [-0.4, -0.2) is 4.98 Å². The molecular weight excluding hydrogens is 217 g/mol. The van der Waals surface area contributed by atoms with E-state index < -0.39 is 0 Å². The fourth-order valence-electron chi connectivity index (χ4n) is 1.26. The fraction of sp³-hybridized carbons (Fsp3) is 0. The van der Waals surface area contributed by atoms with Gasteiger partial charge in [0, 0.05) is 16.8 Å². The fourth-order valence-corrected chi connectivity index (χ4v) is 1.68. The lowest BCUT2D eigenvalue weighted by Crippen LogP contribution is -1.81. The minimum Gasteiger partial charge on any atom is -0.244 e. The van der Waals surface area contributed by atoms with E-state index in [1.54, 1.807) is 6.20 Å². The van der Waals surface area contributed by atoms with Crippen molar-refractivity contribution in [1.29, 1.82) is 0 Å². The molecule has 2 aromatic rings. The predicted octanol–water partition coefficient (Wildman–Crippen LogP) is 4.06. The lowest BCUT2D eigenvalue weighted by atomic mass is 10.1. The van der Waals surface area contributed by atoms with Crippen LogP contribution in [0.2, 0.25) is 10.2 Å². The van der Waals surface area contributed by atoms with Gasteiger partial charge in [0.05, 0.1) is 0 Å². The van der Waals surface area contributed by atoms with Crippen molar-refractivity contribution in [3.8, 4) is 11.1 Å².